The lowest BCUT2D eigenvalue weighted by Gasteiger charge is -2.35. The average Bonchev–Trinajstić information content (AvgIpc) is 2.24. The molecule has 0 amide bonds. The Bertz CT molecular complexity index is 213. The van der Waals surface area contributed by atoms with Crippen molar-refractivity contribution >= 4 is 0 Å². The molecule has 1 N–H and O–H groups in total. The Kier molecular flexibility index (Phi) is 2.43. The van der Waals surface area contributed by atoms with E-state index in [-0.39, 0.29) is 17.4 Å². The zero-order chi connectivity index (χ0) is 9.24. The summed E-state index contributed by atoms with van der Waals surface area (Å²) in [5.74, 6) is 0. The molecule has 0 heterocycles. The van der Waals surface area contributed by atoms with Crippen molar-refractivity contribution in [1.29, 1.82) is 0 Å². The van der Waals surface area contributed by atoms with Gasteiger partial charge in [0.25, 0.3) is 0 Å². The SMILES string of the molecule is CC1(C)C=CC[C@@]1(C)/C=C/CO. The molecule has 0 unspecified atom stereocenters. The molecule has 12 heavy (non-hydrogen) atoms. The molecule has 0 saturated heterocycles. The van der Waals surface area contributed by atoms with Gasteiger partial charge in [-0.3, -0.25) is 0 Å². The molecule has 0 aromatic heterocycles. The first-order valence-corrected chi connectivity index (χ1v) is 4.48. The van der Waals surface area contributed by atoms with Crippen LogP contribution in [0.5, 0.6) is 0 Å². The Hall–Kier alpha value is -0.560. The van der Waals surface area contributed by atoms with Gasteiger partial charge in [0, 0.05) is 0 Å². The van der Waals surface area contributed by atoms with Crippen molar-refractivity contribution in [2.45, 2.75) is 27.2 Å². The predicted molar refractivity (Wildman–Crippen MR) is 51.9 cm³/mol. The smallest absolute Gasteiger partial charge is 0.0612 e. The fraction of sp³-hybridized carbons (Fsp3) is 0.636. The number of aliphatic hydroxyl groups is 1. The predicted octanol–water partition coefficient (Wildman–Crippen LogP) is 2.53. The first-order chi connectivity index (χ1) is 5.52. The van der Waals surface area contributed by atoms with E-state index in [9.17, 15) is 0 Å². The number of hydrogen-bond acceptors (Lipinski definition) is 1. The molecule has 0 aromatic rings. The van der Waals surface area contributed by atoms with E-state index in [2.05, 4.69) is 39.0 Å². The zero-order valence-corrected chi connectivity index (χ0v) is 8.17. The number of allylic oxidation sites excluding steroid dienone is 3. The summed E-state index contributed by atoms with van der Waals surface area (Å²) in [5, 5.41) is 8.70. The summed E-state index contributed by atoms with van der Waals surface area (Å²) in [7, 11) is 0. The van der Waals surface area contributed by atoms with Gasteiger partial charge in [0.05, 0.1) is 6.61 Å². The lowest BCUT2D eigenvalue weighted by atomic mass is 9.69. The van der Waals surface area contributed by atoms with Crippen LogP contribution in [0.25, 0.3) is 0 Å². The van der Waals surface area contributed by atoms with Gasteiger partial charge in [0.2, 0.25) is 0 Å². The highest BCUT2D eigenvalue weighted by Crippen LogP contribution is 2.48. The maximum absolute atomic E-state index is 8.70. The second-order valence-corrected chi connectivity index (χ2v) is 4.33. The molecule has 1 aliphatic rings. The van der Waals surface area contributed by atoms with E-state index in [0.29, 0.717) is 0 Å². The third-order valence-electron chi connectivity index (χ3n) is 3.14. The van der Waals surface area contributed by atoms with Crippen LogP contribution in [-0.4, -0.2) is 11.7 Å². The molecule has 1 rings (SSSR count). The molecule has 0 radical (unpaired) electrons. The van der Waals surface area contributed by atoms with Crippen LogP contribution >= 0.6 is 0 Å². The Morgan fingerprint density at radius 1 is 1.42 bits per heavy atom. The van der Waals surface area contributed by atoms with E-state index in [1.165, 1.54) is 0 Å². The van der Waals surface area contributed by atoms with Crippen molar-refractivity contribution in [2.75, 3.05) is 6.61 Å². The van der Waals surface area contributed by atoms with Crippen LogP contribution < -0.4 is 0 Å². The number of hydrogen-bond donors (Lipinski definition) is 1. The first-order valence-electron chi connectivity index (χ1n) is 4.48. The quantitative estimate of drug-likeness (QED) is 0.625. The van der Waals surface area contributed by atoms with E-state index in [1.807, 2.05) is 6.08 Å². The van der Waals surface area contributed by atoms with Gasteiger partial charge >= 0.3 is 0 Å². The molecular weight excluding hydrogens is 148 g/mol. The zero-order valence-electron chi connectivity index (χ0n) is 8.17. The average molecular weight is 166 g/mol. The summed E-state index contributed by atoms with van der Waals surface area (Å²) in [6, 6.07) is 0. The van der Waals surface area contributed by atoms with E-state index in [4.69, 9.17) is 5.11 Å². The molecule has 0 saturated carbocycles. The summed E-state index contributed by atoms with van der Waals surface area (Å²) >= 11 is 0. The molecular formula is C11H18O. The highest BCUT2D eigenvalue weighted by Gasteiger charge is 2.39. The fourth-order valence-corrected chi connectivity index (χ4v) is 1.65. The Labute approximate surface area is 74.8 Å². The third-order valence-corrected chi connectivity index (χ3v) is 3.14. The standard InChI is InChI=1S/C11H18O/c1-10(2)6-4-7-11(10,3)8-5-9-12/h4-6,8,12H,7,9H2,1-3H3/b8-5+/t11-/m0/s1. The maximum atomic E-state index is 8.70. The highest BCUT2D eigenvalue weighted by molar-refractivity contribution is 5.19. The monoisotopic (exact) mass is 166 g/mol. The minimum atomic E-state index is 0.145. The molecule has 0 spiro atoms. The number of aliphatic hydroxyl groups excluding tert-OH is 1. The first kappa shape index (κ1) is 9.53. The van der Waals surface area contributed by atoms with Gasteiger partial charge in [0.15, 0.2) is 0 Å². The lowest BCUT2D eigenvalue weighted by molar-refractivity contribution is 0.229. The topological polar surface area (TPSA) is 20.2 Å². The molecule has 0 aliphatic heterocycles. The van der Waals surface area contributed by atoms with E-state index >= 15 is 0 Å². The van der Waals surface area contributed by atoms with Crippen molar-refractivity contribution in [3.05, 3.63) is 24.3 Å². The van der Waals surface area contributed by atoms with Gasteiger partial charge in [-0.25, -0.2) is 0 Å². The van der Waals surface area contributed by atoms with Gasteiger partial charge in [-0.15, -0.1) is 0 Å². The Morgan fingerprint density at radius 2 is 2.08 bits per heavy atom. The molecule has 0 aromatic carbocycles. The van der Waals surface area contributed by atoms with Gasteiger partial charge in [-0.1, -0.05) is 45.1 Å². The highest BCUT2D eigenvalue weighted by atomic mass is 16.2. The van der Waals surface area contributed by atoms with Crippen LogP contribution in [0.3, 0.4) is 0 Å². The van der Waals surface area contributed by atoms with Crippen LogP contribution in [0.1, 0.15) is 27.2 Å². The molecule has 1 atom stereocenters. The van der Waals surface area contributed by atoms with Crippen LogP contribution in [0, 0.1) is 10.8 Å². The second kappa shape index (κ2) is 3.06. The molecule has 0 bridgehead atoms. The van der Waals surface area contributed by atoms with Gasteiger partial charge < -0.3 is 5.11 Å². The third kappa shape index (κ3) is 1.46. The van der Waals surface area contributed by atoms with E-state index < -0.39 is 0 Å². The van der Waals surface area contributed by atoms with Gasteiger partial charge in [-0.05, 0) is 17.3 Å². The van der Waals surface area contributed by atoms with Crippen molar-refractivity contribution < 1.29 is 5.11 Å². The Balaban J connectivity index is 2.79. The summed E-state index contributed by atoms with van der Waals surface area (Å²) in [5.41, 5.74) is 0.411. The minimum Gasteiger partial charge on any atom is -0.392 e. The Morgan fingerprint density at radius 3 is 2.50 bits per heavy atom. The van der Waals surface area contributed by atoms with Crippen LogP contribution in [-0.2, 0) is 0 Å². The minimum absolute atomic E-state index is 0.145. The van der Waals surface area contributed by atoms with E-state index in [1.54, 1.807) is 0 Å². The molecule has 1 nitrogen and oxygen atoms in total. The summed E-state index contributed by atoms with van der Waals surface area (Å²) in [6.45, 7) is 6.85. The maximum Gasteiger partial charge on any atom is 0.0612 e. The van der Waals surface area contributed by atoms with Crippen molar-refractivity contribution in [3.8, 4) is 0 Å². The van der Waals surface area contributed by atoms with Crippen molar-refractivity contribution in [2.24, 2.45) is 10.8 Å². The summed E-state index contributed by atoms with van der Waals surface area (Å²) < 4.78 is 0. The summed E-state index contributed by atoms with van der Waals surface area (Å²) in [4.78, 5) is 0. The fourth-order valence-electron chi connectivity index (χ4n) is 1.65. The second-order valence-electron chi connectivity index (χ2n) is 4.33. The molecule has 68 valence electrons. The van der Waals surface area contributed by atoms with Crippen LogP contribution in [0.4, 0.5) is 0 Å². The van der Waals surface area contributed by atoms with Crippen molar-refractivity contribution in [3.63, 3.8) is 0 Å². The molecule has 1 heteroatoms. The largest absolute Gasteiger partial charge is 0.392 e. The van der Waals surface area contributed by atoms with Gasteiger partial charge in [0.1, 0.15) is 0 Å². The normalized spacial score (nSPS) is 33.3. The van der Waals surface area contributed by atoms with Crippen LogP contribution in [0.2, 0.25) is 0 Å². The molecule has 0 fully saturated rings. The lowest BCUT2D eigenvalue weighted by Crippen LogP contribution is -2.27. The van der Waals surface area contributed by atoms with Crippen molar-refractivity contribution in [1.82, 2.24) is 0 Å². The van der Waals surface area contributed by atoms with Crippen LogP contribution in [0.15, 0.2) is 24.3 Å². The molecule has 1 aliphatic carbocycles. The van der Waals surface area contributed by atoms with Gasteiger partial charge in [-0.2, -0.15) is 0 Å². The number of rotatable bonds is 2. The van der Waals surface area contributed by atoms with E-state index in [0.717, 1.165) is 6.42 Å². The summed E-state index contributed by atoms with van der Waals surface area (Å²) in [6.07, 6.45) is 9.54.